The molecule has 0 aliphatic heterocycles. The summed E-state index contributed by atoms with van der Waals surface area (Å²) in [6.45, 7) is 2.47. The molecule has 1 aromatic rings. The topological polar surface area (TPSA) is 128 Å². The first kappa shape index (κ1) is 12.6. The van der Waals surface area contributed by atoms with Crippen LogP contribution in [0.15, 0.2) is 37.5 Å². The zero-order valence-electron chi connectivity index (χ0n) is 9.14. The van der Waals surface area contributed by atoms with Crippen LogP contribution < -0.4 is 11.2 Å². The van der Waals surface area contributed by atoms with Gasteiger partial charge in [0.15, 0.2) is 17.2 Å². The molecule has 0 aromatic carbocycles. The standard InChI is InChI=1S/C9H10N4O4/c1-4(14)7(5(2)15)13-12-6-3-10-9(17)11-8(6)16/h3,14H,1-2H3,(H2,10,11,16,17). The van der Waals surface area contributed by atoms with Crippen LogP contribution >= 0.6 is 0 Å². The number of carbonyl (C=O) groups is 1. The summed E-state index contributed by atoms with van der Waals surface area (Å²) in [5.41, 5.74) is -1.84. The van der Waals surface area contributed by atoms with Gasteiger partial charge in [0.1, 0.15) is 5.76 Å². The van der Waals surface area contributed by atoms with Crippen LogP contribution in [0.5, 0.6) is 0 Å². The number of allylic oxidation sites excluding steroid dienone is 2. The molecule has 0 amide bonds. The second-order valence-corrected chi connectivity index (χ2v) is 3.15. The van der Waals surface area contributed by atoms with Crippen molar-refractivity contribution in [2.24, 2.45) is 10.2 Å². The van der Waals surface area contributed by atoms with Gasteiger partial charge < -0.3 is 10.1 Å². The average molecular weight is 238 g/mol. The quantitative estimate of drug-likeness (QED) is 0.403. The number of aliphatic hydroxyl groups is 1. The van der Waals surface area contributed by atoms with Gasteiger partial charge in [0.25, 0.3) is 5.56 Å². The van der Waals surface area contributed by atoms with E-state index in [2.05, 4.69) is 15.2 Å². The molecule has 3 N–H and O–H groups in total. The average Bonchev–Trinajstić information content (AvgIpc) is 2.20. The molecule has 1 heterocycles. The number of carbonyl (C=O) groups excluding carboxylic acids is 1. The lowest BCUT2D eigenvalue weighted by Crippen LogP contribution is -2.20. The molecule has 0 radical (unpaired) electrons. The summed E-state index contributed by atoms with van der Waals surface area (Å²) >= 11 is 0. The molecule has 8 heteroatoms. The molecule has 0 atom stereocenters. The number of Topliss-reactive ketones (excluding diaryl/α,β-unsaturated/α-hetero) is 1. The Morgan fingerprint density at radius 1 is 1.35 bits per heavy atom. The van der Waals surface area contributed by atoms with Crippen molar-refractivity contribution in [3.05, 3.63) is 38.5 Å². The molecule has 17 heavy (non-hydrogen) atoms. The molecule has 8 nitrogen and oxygen atoms in total. The molecule has 1 rings (SSSR count). The Hall–Kier alpha value is -2.51. The first-order chi connectivity index (χ1) is 7.91. The number of nitrogens with one attached hydrogen (secondary N) is 2. The minimum absolute atomic E-state index is 0.176. The Kier molecular flexibility index (Phi) is 3.70. The number of aromatic amines is 2. The van der Waals surface area contributed by atoms with Crippen LogP contribution in [-0.4, -0.2) is 20.9 Å². The number of rotatable bonds is 3. The number of hydrogen-bond acceptors (Lipinski definition) is 6. The minimum Gasteiger partial charge on any atom is -0.510 e. The van der Waals surface area contributed by atoms with Gasteiger partial charge >= 0.3 is 5.69 Å². The summed E-state index contributed by atoms with van der Waals surface area (Å²) in [6.07, 6.45) is 1.05. The number of aromatic nitrogens is 2. The van der Waals surface area contributed by atoms with E-state index in [1.807, 2.05) is 4.98 Å². The van der Waals surface area contributed by atoms with E-state index in [4.69, 9.17) is 5.11 Å². The molecule has 90 valence electrons. The van der Waals surface area contributed by atoms with E-state index in [1.165, 1.54) is 13.8 Å². The van der Waals surface area contributed by atoms with Gasteiger partial charge in [-0.05, 0) is 6.92 Å². The van der Waals surface area contributed by atoms with Crippen LogP contribution in [0.4, 0.5) is 5.69 Å². The van der Waals surface area contributed by atoms with E-state index in [9.17, 15) is 14.4 Å². The summed E-state index contributed by atoms with van der Waals surface area (Å²) in [4.78, 5) is 37.1. The molecule has 0 fully saturated rings. The fraction of sp³-hybridized carbons (Fsp3) is 0.222. The zero-order chi connectivity index (χ0) is 13.0. The Morgan fingerprint density at radius 3 is 2.47 bits per heavy atom. The lowest BCUT2D eigenvalue weighted by atomic mass is 10.3. The Balaban J connectivity index is 3.14. The van der Waals surface area contributed by atoms with Crippen LogP contribution in [0, 0.1) is 0 Å². The molecule has 0 unspecified atom stereocenters. The minimum atomic E-state index is -0.740. The van der Waals surface area contributed by atoms with Crippen molar-refractivity contribution in [2.75, 3.05) is 0 Å². The fourth-order valence-corrected chi connectivity index (χ4v) is 0.978. The Bertz CT molecular complexity index is 604. The summed E-state index contributed by atoms with van der Waals surface area (Å²) in [5.74, 6) is -0.795. The third kappa shape index (κ3) is 3.23. The number of H-pyrrole nitrogens is 2. The fourth-order valence-electron chi connectivity index (χ4n) is 0.978. The number of azo groups is 1. The maximum atomic E-state index is 11.2. The maximum Gasteiger partial charge on any atom is 0.325 e. The van der Waals surface area contributed by atoms with Crippen molar-refractivity contribution in [1.29, 1.82) is 0 Å². The SMILES string of the molecule is CC(=O)C(N=Nc1c[nH]c(=O)[nH]c1=O)=C(C)O. The van der Waals surface area contributed by atoms with E-state index >= 15 is 0 Å². The maximum absolute atomic E-state index is 11.2. The molecule has 1 aromatic heterocycles. The van der Waals surface area contributed by atoms with Gasteiger partial charge in [-0.25, -0.2) is 4.79 Å². The second-order valence-electron chi connectivity index (χ2n) is 3.15. The summed E-state index contributed by atoms with van der Waals surface area (Å²) in [5, 5.41) is 16.0. The number of nitrogens with zero attached hydrogens (tertiary/aromatic N) is 2. The highest BCUT2D eigenvalue weighted by atomic mass is 16.3. The third-order valence-electron chi connectivity index (χ3n) is 1.73. The highest BCUT2D eigenvalue weighted by molar-refractivity contribution is 5.93. The van der Waals surface area contributed by atoms with Crippen LogP contribution in [0.1, 0.15) is 13.8 Å². The van der Waals surface area contributed by atoms with Gasteiger partial charge in [-0.3, -0.25) is 14.6 Å². The Morgan fingerprint density at radius 2 is 2.00 bits per heavy atom. The number of ketones is 1. The number of aliphatic hydroxyl groups excluding tert-OH is 1. The molecule has 0 aliphatic carbocycles. The van der Waals surface area contributed by atoms with Crippen LogP contribution in [0.2, 0.25) is 0 Å². The first-order valence-corrected chi connectivity index (χ1v) is 4.56. The van der Waals surface area contributed by atoms with Gasteiger partial charge in [0, 0.05) is 13.1 Å². The lowest BCUT2D eigenvalue weighted by Gasteiger charge is -1.95. The van der Waals surface area contributed by atoms with E-state index in [0.717, 1.165) is 6.20 Å². The largest absolute Gasteiger partial charge is 0.510 e. The smallest absolute Gasteiger partial charge is 0.325 e. The van der Waals surface area contributed by atoms with E-state index in [1.54, 1.807) is 0 Å². The van der Waals surface area contributed by atoms with Crippen molar-refractivity contribution in [1.82, 2.24) is 9.97 Å². The van der Waals surface area contributed by atoms with Gasteiger partial charge in [0.05, 0.1) is 0 Å². The van der Waals surface area contributed by atoms with Crippen LogP contribution in [0.25, 0.3) is 0 Å². The monoisotopic (exact) mass is 238 g/mol. The molecule has 0 aliphatic rings. The molecule has 0 saturated heterocycles. The predicted molar refractivity (Wildman–Crippen MR) is 58.2 cm³/mol. The second kappa shape index (κ2) is 5.01. The van der Waals surface area contributed by atoms with Crippen molar-refractivity contribution in [3.8, 4) is 0 Å². The van der Waals surface area contributed by atoms with Crippen LogP contribution in [0.3, 0.4) is 0 Å². The van der Waals surface area contributed by atoms with Gasteiger partial charge in [-0.1, -0.05) is 0 Å². The number of hydrogen-bond donors (Lipinski definition) is 3. The molecule has 0 saturated carbocycles. The highest BCUT2D eigenvalue weighted by Gasteiger charge is 2.07. The van der Waals surface area contributed by atoms with Gasteiger partial charge in [-0.15, -0.1) is 10.2 Å². The van der Waals surface area contributed by atoms with Crippen LogP contribution in [-0.2, 0) is 4.79 Å². The predicted octanol–water partition coefficient (Wildman–Crippen LogP) is 0.525. The molecule has 0 bridgehead atoms. The highest BCUT2D eigenvalue weighted by Crippen LogP contribution is 2.09. The van der Waals surface area contributed by atoms with Crippen molar-refractivity contribution in [2.45, 2.75) is 13.8 Å². The van der Waals surface area contributed by atoms with Gasteiger partial charge in [0.2, 0.25) is 0 Å². The van der Waals surface area contributed by atoms with Crippen molar-refractivity contribution < 1.29 is 9.90 Å². The molecular weight excluding hydrogens is 228 g/mol. The normalized spacial score (nSPS) is 12.6. The summed E-state index contributed by atoms with van der Waals surface area (Å²) in [6, 6.07) is 0. The van der Waals surface area contributed by atoms with Gasteiger partial charge in [-0.2, -0.15) is 0 Å². The third-order valence-corrected chi connectivity index (χ3v) is 1.73. The summed E-state index contributed by atoms with van der Waals surface area (Å²) < 4.78 is 0. The molecular formula is C9H10N4O4. The van der Waals surface area contributed by atoms with Crippen molar-refractivity contribution >= 4 is 11.5 Å². The van der Waals surface area contributed by atoms with E-state index in [-0.39, 0.29) is 17.1 Å². The van der Waals surface area contributed by atoms with E-state index < -0.39 is 17.0 Å². The lowest BCUT2D eigenvalue weighted by molar-refractivity contribution is -0.113. The van der Waals surface area contributed by atoms with Crippen molar-refractivity contribution in [3.63, 3.8) is 0 Å². The van der Waals surface area contributed by atoms with E-state index in [0.29, 0.717) is 0 Å². The first-order valence-electron chi connectivity index (χ1n) is 4.56. The molecule has 0 spiro atoms. The Labute approximate surface area is 94.7 Å². The summed E-state index contributed by atoms with van der Waals surface area (Å²) in [7, 11) is 0. The zero-order valence-corrected chi connectivity index (χ0v) is 9.14.